The Hall–Kier alpha value is -3.33. The smallest absolute Gasteiger partial charge is 0.345 e. The minimum Gasteiger partial charge on any atom is -0.381 e. The van der Waals surface area contributed by atoms with Gasteiger partial charge in [-0.15, -0.1) is 5.10 Å². The summed E-state index contributed by atoms with van der Waals surface area (Å²) in [5.41, 5.74) is 1.60. The Balaban J connectivity index is 1.39. The van der Waals surface area contributed by atoms with E-state index < -0.39 is 11.4 Å². The van der Waals surface area contributed by atoms with E-state index in [1.165, 1.54) is 16.9 Å². The van der Waals surface area contributed by atoms with Gasteiger partial charge in [0.2, 0.25) is 0 Å². The molecule has 196 valence electrons. The van der Waals surface area contributed by atoms with Gasteiger partial charge in [-0.1, -0.05) is 0 Å². The molecular formula is C26H34N8O3. The maximum absolute atomic E-state index is 13.9. The third-order valence-corrected chi connectivity index (χ3v) is 7.76. The molecule has 37 heavy (non-hydrogen) atoms. The van der Waals surface area contributed by atoms with Gasteiger partial charge in [0.25, 0.3) is 5.91 Å². The average Bonchev–Trinajstić information content (AvgIpc) is 3.43. The fourth-order valence-electron chi connectivity index (χ4n) is 5.72. The van der Waals surface area contributed by atoms with Gasteiger partial charge in [0.1, 0.15) is 11.8 Å². The molecule has 2 aromatic rings. The summed E-state index contributed by atoms with van der Waals surface area (Å²) in [7, 11) is 0. The van der Waals surface area contributed by atoms with Gasteiger partial charge < -0.3 is 20.3 Å². The monoisotopic (exact) mass is 506 g/mol. The topological polar surface area (TPSA) is 128 Å². The molecule has 2 aromatic heterocycles. The molecule has 2 fully saturated rings. The first-order chi connectivity index (χ1) is 17.7. The number of carbonyl (C=O) groups is 2. The third kappa shape index (κ3) is 4.72. The summed E-state index contributed by atoms with van der Waals surface area (Å²) in [6.45, 7) is 11.8. The number of anilines is 1. The second-order valence-corrected chi connectivity index (χ2v) is 10.7. The number of nitriles is 1. The van der Waals surface area contributed by atoms with E-state index in [1.807, 2.05) is 24.8 Å². The second-order valence-electron chi connectivity index (χ2n) is 10.7. The maximum Gasteiger partial charge on any atom is 0.345 e. The lowest BCUT2D eigenvalue weighted by atomic mass is 10.00. The van der Waals surface area contributed by atoms with Crippen molar-refractivity contribution in [3.05, 3.63) is 40.8 Å². The summed E-state index contributed by atoms with van der Waals surface area (Å²) in [5.74, 6) is -0.0970. The molecule has 0 spiro atoms. The zero-order chi connectivity index (χ0) is 26.3. The van der Waals surface area contributed by atoms with Crippen LogP contribution in [0.4, 0.5) is 10.6 Å². The first-order valence-electron chi connectivity index (χ1n) is 12.9. The van der Waals surface area contributed by atoms with Crippen molar-refractivity contribution in [2.24, 2.45) is 0 Å². The van der Waals surface area contributed by atoms with Gasteiger partial charge in [-0.2, -0.15) is 9.94 Å². The number of carbonyl (C=O) groups excluding carboxylic acids is 2. The molecule has 5 rings (SSSR count). The van der Waals surface area contributed by atoms with Gasteiger partial charge in [0.05, 0.1) is 16.8 Å². The van der Waals surface area contributed by atoms with E-state index in [0.29, 0.717) is 30.5 Å². The number of nitrogens with zero attached hydrogens (tertiary/aromatic N) is 6. The molecule has 2 atom stereocenters. The van der Waals surface area contributed by atoms with Crippen LogP contribution < -0.4 is 10.6 Å². The summed E-state index contributed by atoms with van der Waals surface area (Å²) in [6, 6.07) is 5.57. The van der Waals surface area contributed by atoms with Gasteiger partial charge in [-0.3, -0.25) is 9.69 Å². The highest BCUT2D eigenvalue weighted by Crippen LogP contribution is 2.36. The quantitative estimate of drug-likeness (QED) is 0.649. The van der Waals surface area contributed by atoms with E-state index in [0.717, 1.165) is 43.9 Å². The fourth-order valence-corrected chi connectivity index (χ4v) is 5.72. The molecule has 3 aliphatic rings. The summed E-state index contributed by atoms with van der Waals surface area (Å²) in [6.07, 6.45) is 3.40. The van der Waals surface area contributed by atoms with Crippen molar-refractivity contribution in [2.75, 3.05) is 31.6 Å². The predicted molar refractivity (Wildman–Crippen MR) is 136 cm³/mol. The van der Waals surface area contributed by atoms with Crippen LogP contribution in [0.3, 0.4) is 0 Å². The van der Waals surface area contributed by atoms with Crippen LogP contribution in [0.2, 0.25) is 0 Å². The number of fused-ring (bicyclic) bond motifs is 1. The SMILES string of the molecule is C[C@@H]1CN(C(=O)n2nc(NC(=O)c3ccc(C#N)cn3)c3c2C(C)(C)NC3)[C@@H](C)CN1C1CCOCC1. The predicted octanol–water partition coefficient (Wildman–Crippen LogP) is 2.28. The van der Waals surface area contributed by atoms with Crippen molar-refractivity contribution in [1.82, 2.24) is 29.9 Å². The van der Waals surface area contributed by atoms with E-state index in [-0.39, 0.29) is 23.8 Å². The molecule has 0 aliphatic carbocycles. The van der Waals surface area contributed by atoms with Crippen LogP contribution in [0.15, 0.2) is 18.3 Å². The number of amides is 2. The summed E-state index contributed by atoms with van der Waals surface area (Å²) < 4.78 is 7.01. The van der Waals surface area contributed by atoms with Crippen LogP contribution in [-0.2, 0) is 16.8 Å². The van der Waals surface area contributed by atoms with Crippen LogP contribution in [0.5, 0.6) is 0 Å². The number of hydrogen-bond donors (Lipinski definition) is 2. The number of hydrogen-bond acceptors (Lipinski definition) is 8. The standard InChI is InChI=1S/C26H34N8O3/c1-16-15-33(17(2)14-32(16)19-7-9-37-10-8-19)25(36)34-22-20(13-29-26(22,3)4)23(31-34)30-24(35)21-6-5-18(11-27)12-28-21/h5-6,12,16-17,19,29H,7-10,13-15H2,1-4H3,(H,30,31,35)/t16-,17+/m1/s1. The fraction of sp³-hybridized carbons (Fsp3) is 0.577. The van der Waals surface area contributed by atoms with Crippen LogP contribution in [0.25, 0.3) is 0 Å². The van der Waals surface area contributed by atoms with Gasteiger partial charge in [0.15, 0.2) is 5.82 Å². The van der Waals surface area contributed by atoms with E-state index >= 15 is 0 Å². The molecule has 2 N–H and O–H groups in total. The molecule has 2 saturated heterocycles. The Morgan fingerprint density at radius 1 is 1.19 bits per heavy atom. The molecule has 0 aromatic carbocycles. The molecule has 5 heterocycles. The first-order valence-corrected chi connectivity index (χ1v) is 12.9. The van der Waals surface area contributed by atoms with Crippen LogP contribution >= 0.6 is 0 Å². The highest BCUT2D eigenvalue weighted by atomic mass is 16.5. The lowest BCUT2D eigenvalue weighted by molar-refractivity contribution is -0.0172. The second kappa shape index (κ2) is 9.85. The Bertz CT molecular complexity index is 1230. The Morgan fingerprint density at radius 3 is 2.62 bits per heavy atom. The van der Waals surface area contributed by atoms with Gasteiger partial charge in [-0.05, 0) is 52.7 Å². The normalized spacial score (nSPS) is 23.9. The minimum atomic E-state index is -0.494. The van der Waals surface area contributed by atoms with Crippen molar-refractivity contribution in [3.8, 4) is 6.07 Å². The van der Waals surface area contributed by atoms with E-state index in [4.69, 9.17) is 10.00 Å². The summed E-state index contributed by atoms with van der Waals surface area (Å²) in [4.78, 5) is 35.3. The number of ether oxygens (including phenoxy) is 1. The highest BCUT2D eigenvalue weighted by molar-refractivity contribution is 6.03. The third-order valence-electron chi connectivity index (χ3n) is 7.76. The number of pyridine rings is 1. The summed E-state index contributed by atoms with van der Waals surface area (Å²) >= 11 is 0. The number of nitrogens with one attached hydrogen (secondary N) is 2. The van der Waals surface area contributed by atoms with Crippen molar-refractivity contribution >= 4 is 17.8 Å². The zero-order valence-corrected chi connectivity index (χ0v) is 21.8. The van der Waals surface area contributed by atoms with Crippen molar-refractivity contribution in [1.29, 1.82) is 5.26 Å². The van der Waals surface area contributed by atoms with E-state index in [9.17, 15) is 9.59 Å². The molecule has 0 radical (unpaired) electrons. The zero-order valence-electron chi connectivity index (χ0n) is 21.8. The average molecular weight is 507 g/mol. The molecule has 0 bridgehead atoms. The highest BCUT2D eigenvalue weighted by Gasteiger charge is 2.42. The largest absolute Gasteiger partial charge is 0.381 e. The number of piperazine rings is 1. The Morgan fingerprint density at radius 2 is 1.95 bits per heavy atom. The van der Waals surface area contributed by atoms with E-state index in [2.05, 4.69) is 39.5 Å². The van der Waals surface area contributed by atoms with Gasteiger partial charge in [-0.25, -0.2) is 9.78 Å². The van der Waals surface area contributed by atoms with Crippen molar-refractivity contribution in [3.63, 3.8) is 0 Å². The number of aromatic nitrogens is 3. The first kappa shape index (κ1) is 25.3. The maximum atomic E-state index is 13.9. The van der Waals surface area contributed by atoms with Gasteiger partial charge >= 0.3 is 6.03 Å². The molecule has 11 heteroatoms. The Labute approximate surface area is 216 Å². The lowest BCUT2D eigenvalue weighted by Crippen LogP contribution is -2.62. The molecular weight excluding hydrogens is 472 g/mol. The van der Waals surface area contributed by atoms with E-state index in [1.54, 1.807) is 6.07 Å². The summed E-state index contributed by atoms with van der Waals surface area (Å²) in [5, 5.41) is 19.9. The Kier molecular flexibility index (Phi) is 6.74. The van der Waals surface area contributed by atoms with Gasteiger partial charge in [0, 0.05) is 62.7 Å². The molecule has 11 nitrogen and oxygen atoms in total. The lowest BCUT2D eigenvalue weighted by Gasteiger charge is -2.48. The molecule has 2 amide bonds. The van der Waals surface area contributed by atoms with Crippen molar-refractivity contribution in [2.45, 2.75) is 70.7 Å². The van der Waals surface area contributed by atoms with Crippen LogP contribution in [0, 0.1) is 11.3 Å². The molecule has 3 aliphatic heterocycles. The number of rotatable bonds is 3. The minimum absolute atomic E-state index is 0.0183. The van der Waals surface area contributed by atoms with Crippen LogP contribution in [0.1, 0.15) is 67.8 Å². The van der Waals surface area contributed by atoms with Crippen LogP contribution in [-0.4, -0.2) is 80.9 Å². The molecule has 0 unspecified atom stereocenters. The molecule has 0 saturated carbocycles. The van der Waals surface area contributed by atoms with Crippen molar-refractivity contribution < 1.29 is 14.3 Å².